The Kier molecular flexibility index (Phi) is 18.0. The summed E-state index contributed by atoms with van der Waals surface area (Å²) in [5.74, 6) is -2.29. The minimum atomic E-state index is -4.45. The summed E-state index contributed by atoms with van der Waals surface area (Å²) < 4.78 is 114. The summed E-state index contributed by atoms with van der Waals surface area (Å²) in [6, 6.07) is 15.5. The van der Waals surface area contributed by atoms with Crippen molar-refractivity contribution in [1.82, 2.24) is 35.1 Å². The molecule has 7 rings (SSSR count). The molecular weight excluding hydrogens is 1020 g/mol. The lowest BCUT2D eigenvalue weighted by Gasteiger charge is -2.35. The van der Waals surface area contributed by atoms with Crippen molar-refractivity contribution in [1.29, 1.82) is 0 Å². The maximum absolute atomic E-state index is 14.3. The lowest BCUT2D eigenvalue weighted by molar-refractivity contribution is -0.154. The van der Waals surface area contributed by atoms with Crippen LogP contribution in [0.3, 0.4) is 0 Å². The van der Waals surface area contributed by atoms with Crippen molar-refractivity contribution in [2.75, 3.05) is 52.4 Å². The van der Waals surface area contributed by atoms with Crippen LogP contribution in [0.5, 0.6) is 17.6 Å². The van der Waals surface area contributed by atoms with E-state index in [1.54, 1.807) is 51.1 Å². The second-order valence-corrected chi connectivity index (χ2v) is 19.9. The van der Waals surface area contributed by atoms with Crippen molar-refractivity contribution in [3.05, 3.63) is 112 Å². The number of aromatic nitrogens is 4. The van der Waals surface area contributed by atoms with Gasteiger partial charge >= 0.3 is 30.3 Å². The van der Waals surface area contributed by atoms with Gasteiger partial charge in [-0.05, 0) is 85.3 Å². The summed E-state index contributed by atoms with van der Waals surface area (Å²) in [6.07, 6.45) is -9.51. The van der Waals surface area contributed by atoms with Gasteiger partial charge in [0.2, 0.25) is 12.0 Å². The minimum absolute atomic E-state index is 0.0890. The zero-order valence-electron chi connectivity index (χ0n) is 40.7. The number of aliphatic carboxylic acids is 1. The third kappa shape index (κ3) is 15.7. The van der Waals surface area contributed by atoms with Crippen LogP contribution in [0, 0.1) is 12.7 Å². The maximum atomic E-state index is 14.3. The molecule has 0 aliphatic carbocycles. The zero-order valence-corrected chi connectivity index (χ0v) is 42.3. The molecule has 1 aliphatic rings. The molecule has 6 aromatic rings. The fraction of sp³-hybridized carbons (Fsp3) is 0.412. The van der Waals surface area contributed by atoms with Crippen molar-refractivity contribution in [2.45, 2.75) is 84.2 Å². The van der Waals surface area contributed by atoms with E-state index in [0.717, 1.165) is 5.56 Å². The molecule has 1 unspecified atom stereocenters. The van der Waals surface area contributed by atoms with Crippen LogP contribution >= 0.6 is 22.9 Å². The number of nitrogens with one attached hydrogen (secondary N) is 1. The number of hydrogen-bond donors (Lipinski definition) is 2. The van der Waals surface area contributed by atoms with E-state index >= 15 is 0 Å². The highest BCUT2D eigenvalue weighted by atomic mass is 35.5. The van der Waals surface area contributed by atoms with Gasteiger partial charge in [-0.3, -0.25) is 14.6 Å². The van der Waals surface area contributed by atoms with E-state index in [1.165, 1.54) is 47.0 Å². The normalized spacial score (nSPS) is 14.3. The Hall–Kier alpha value is -6.20. The molecule has 1 aliphatic heterocycles. The Balaban J connectivity index is 1.17. The highest BCUT2D eigenvalue weighted by molar-refractivity contribution is 7.22. The SMILES string of the molecule is Cc1c(-c2c(-c3ccc(F)cc3)sc3ncnc(OC(Cc4cc(CC(=O)OC(C)(C)C)ccc4OCc4ccnc(OCCC(F)(F)F)n4)C(=O)O)c23)ccc(CNCCN2CCN(CC(F)(F)F)CC2)c1Cl. The van der Waals surface area contributed by atoms with Crippen molar-refractivity contribution >= 4 is 45.1 Å². The van der Waals surface area contributed by atoms with E-state index in [9.17, 15) is 45.4 Å². The highest BCUT2D eigenvalue weighted by Gasteiger charge is 2.33. The van der Waals surface area contributed by atoms with Gasteiger partial charge in [-0.15, -0.1) is 11.3 Å². The van der Waals surface area contributed by atoms with Gasteiger partial charge in [-0.2, -0.15) is 31.3 Å². The van der Waals surface area contributed by atoms with Crippen LogP contribution < -0.4 is 19.5 Å². The Bertz CT molecular complexity index is 2910. The standard InChI is InChI=1S/C51H53ClF7N7O7S/c1-30-37(11-8-33(43(30)52)26-60-16-17-65-18-20-66(21-19-65)28-51(57,58)59)41-42-45(62-29-63-46(42)74-44(41)32-6-9-35(53)10-7-32)72-39(47(68)69)25-34-23-31(24-40(67)73-49(2,3)4)5-12-38(34)71-27-36-13-15-61-48(64-36)70-22-14-50(54,55)56/h5-13,15,23,29,39,60H,14,16-22,24-28H2,1-4H3,(H,68,69). The first kappa shape index (κ1) is 55.5. The molecule has 1 fully saturated rings. The summed E-state index contributed by atoms with van der Waals surface area (Å²) in [4.78, 5) is 47.8. The van der Waals surface area contributed by atoms with Crippen molar-refractivity contribution in [3.8, 4) is 39.2 Å². The first-order valence-electron chi connectivity index (χ1n) is 23.4. The summed E-state index contributed by atoms with van der Waals surface area (Å²) in [7, 11) is 0. The van der Waals surface area contributed by atoms with Crippen molar-refractivity contribution in [3.63, 3.8) is 0 Å². The van der Waals surface area contributed by atoms with Crippen LogP contribution in [-0.4, -0.2) is 123 Å². The van der Waals surface area contributed by atoms with E-state index in [4.69, 9.17) is 30.5 Å². The second kappa shape index (κ2) is 24.0. The Labute approximate surface area is 430 Å². The van der Waals surface area contributed by atoms with Gasteiger partial charge in [0.15, 0.2) is 0 Å². The number of carbonyl (C=O) groups excluding carboxylic acids is 1. The topological polar surface area (TPSA) is 161 Å². The molecule has 0 saturated carbocycles. The predicted molar refractivity (Wildman–Crippen MR) is 263 cm³/mol. The van der Waals surface area contributed by atoms with E-state index < -0.39 is 61.4 Å². The van der Waals surface area contributed by atoms with Gasteiger partial charge < -0.3 is 29.4 Å². The first-order chi connectivity index (χ1) is 35.0. The molecule has 3 aromatic carbocycles. The average Bonchev–Trinajstić information content (AvgIpc) is 3.71. The first-order valence-corrected chi connectivity index (χ1v) is 24.6. The summed E-state index contributed by atoms with van der Waals surface area (Å²) in [6.45, 7) is 8.39. The fourth-order valence-corrected chi connectivity index (χ4v) is 9.51. The number of halogens is 8. The summed E-state index contributed by atoms with van der Waals surface area (Å²) >= 11 is 8.37. The number of alkyl halides is 6. The third-order valence-corrected chi connectivity index (χ3v) is 13.3. The van der Waals surface area contributed by atoms with Crippen LogP contribution in [0.25, 0.3) is 31.8 Å². The van der Waals surface area contributed by atoms with Gasteiger partial charge in [-0.25, -0.2) is 24.1 Å². The molecule has 1 atom stereocenters. The van der Waals surface area contributed by atoms with Crippen LogP contribution in [0.1, 0.15) is 55.1 Å². The molecule has 3 aromatic heterocycles. The number of fused-ring (bicyclic) bond motifs is 1. The van der Waals surface area contributed by atoms with Gasteiger partial charge in [0, 0.05) is 73.9 Å². The van der Waals surface area contributed by atoms with Gasteiger partial charge in [0.25, 0.3) is 0 Å². The van der Waals surface area contributed by atoms with Crippen LogP contribution in [-0.2, 0) is 40.3 Å². The Morgan fingerprint density at radius 1 is 0.892 bits per heavy atom. The molecule has 0 amide bonds. The largest absolute Gasteiger partial charge is 0.487 e. The van der Waals surface area contributed by atoms with Crippen LogP contribution in [0.15, 0.2) is 73.2 Å². The van der Waals surface area contributed by atoms with E-state index in [1.807, 2.05) is 19.1 Å². The van der Waals surface area contributed by atoms with Gasteiger partial charge in [-0.1, -0.05) is 48.0 Å². The molecule has 0 radical (unpaired) electrons. The number of piperazine rings is 1. The molecule has 4 heterocycles. The number of ether oxygens (including phenoxy) is 4. The minimum Gasteiger partial charge on any atom is -0.487 e. The number of carboxylic acid groups (broad SMARTS) is 1. The summed E-state index contributed by atoms with van der Waals surface area (Å²) in [5.41, 5.74) is 3.46. The number of carboxylic acids is 1. The number of benzene rings is 3. The average molecular weight is 1080 g/mol. The third-order valence-electron chi connectivity index (χ3n) is 11.6. The van der Waals surface area contributed by atoms with E-state index in [2.05, 4.69) is 30.2 Å². The number of esters is 1. The van der Waals surface area contributed by atoms with Crippen LogP contribution in [0.2, 0.25) is 5.02 Å². The predicted octanol–water partition coefficient (Wildman–Crippen LogP) is 10.1. The fourth-order valence-electron chi connectivity index (χ4n) is 8.13. The number of hydrogen-bond acceptors (Lipinski definition) is 14. The number of rotatable bonds is 21. The summed E-state index contributed by atoms with van der Waals surface area (Å²) in [5, 5.41) is 15.0. The quantitative estimate of drug-likeness (QED) is 0.0398. The molecule has 0 spiro atoms. The van der Waals surface area contributed by atoms with E-state index in [0.29, 0.717) is 99.3 Å². The molecule has 0 bridgehead atoms. The molecule has 396 valence electrons. The lowest BCUT2D eigenvalue weighted by atomic mass is 9.94. The monoisotopic (exact) mass is 1080 g/mol. The van der Waals surface area contributed by atoms with Crippen molar-refractivity contribution in [2.24, 2.45) is 0 Å². The van der Waals surface area contributed by atoms with E-state index in [-0.39, 0.29) is 42.8 Å². The number of thiophene rings is 1. The molecule has 14 nitrogen and oxygen atoms in total. The number of carbonyl (C=O) groups is 2. The Morgan fingerprint density at radius 3 is 2.31 bits per heavy atom. The Morgan fingerprint density at radius 2 is 1.62 bits per heavy atom. The molecule has 2 N–H and O–H groups in total. The van der Waals surface area contributed by atoms with Gasteiger partial charge in [0.1, 0.15) is 41.5 Å². The zero-order chi connectivity index (χ0) is 53.4. The molecule has 23 heteroatoms. The maximum Gasteiger partial charge on any atom is 0.401 e. The lowest BCUT2D eigenvalue weighted by Crippen LogP contribution is -2.50. The smallest absolute Gasteiger partial charge is 0.401 e. The second-order valence-electron chi connectivity index (χ2n) is 18.5. The molecular formula is C51H53ClF7N7O7S. The molecule has 1 saturated heterocycles. The highest BCUT2D eigenvalue weighted by Crippen LogP contribution is 2.49. The van der Waals surface area contributed by atoms with Crippen LogP contribution in [0.4, 0.5) is 30.7 Å². The molecule has 74 heavy (non-hydrogen) atoms. The van der Waals surface area contributed by atoms with Crippen molar-refractivity contribution < 1.29 is 64.4 Å². The number of nitrogens with zero attached hydrogens (tertiary/aromatic N) is 6. The van der Waals surface area contributed by atoms with Gasteiger partial charge in [0.05, 0.1) is 30.5 Å².